The molecule has 26 heavy (non-hydrogen) atoms. The molecule has 10 heteroatoms. The lowest BCUT2D eigenvalue weighted by atomic mass is 10.3. The van der Waals surface area contributed by atoms with E-state index in [4.69, 9.17) is 9.26 Å². The van der Waals surface area contributed by atoms with Crippen LogP contribution in [0.2, 0.25) is 0 Å². The summed E-state index contributed by atoms with van der Waals surface area (Å²) in [5, 5.41) is 6.01. The van der Waals surface area contributed by atoms with Gasteiger partial charge in [-0.05, 0) is 32.9 Å². The van der Waals surface area contributed by atoms with Gasteiger partial charge in [0.05, 0.1) is 10.6 Å². The van der Waals surface area contributed by atoms with Crippen molar-refractivity contribution in [2.24, 2.45) is 0 Å². The molecule has 1 unspecified atom stereocenters. The fraction of sp³-hybridized carbons (Fsp3) is 0.312. The fourth-order valence-electron chi connectivity index (χ4n) is 1.92. The van der Waals surface area contributed by atoms with Crippen LogP contribution in [-0.4, -0.2) is 37.6 Å². The van der Waals surface area contributed by atoms with Gasteiger partial charge in [0, 0.05) is 6.07 Å². The molecule has 1 amide bonds. The number of nitrogens with zero attached hydrogens (tertiary/aromatic N) is 1. The predicted molar refractivity (Wildman–Crippen MR) is 91.6 cm³/mol. The first kappa shape index (κ1) is 19.6. The van der Waals surface area contributed by atoms with Gasteiger partial charge in [0.25, 0.3) is 5.91 Å². The lowest BCUT2D eigenvalue weighted by Gasteiger charge is -2.17. The van der Waals surface area contributed by atoms with E-state index in [9.17, 15) is 18.0 Å². The Bertz CT molecular complexity index is 878. The molecule has 0 radical (unpaired) electrons. The van der Waals surface area contributed by atoms with E-state index in [2.05, 4.69) is 15.2 Å². The second kappa shape index (κ2) is 8.11. The summed E-state index contributed by atoms with van der Waals surface area (Å²) in [6.45, 7) is 4.37. The third-order valence-corrected chi connectivity index (χ3v) is 4.83. The van der Waals surface area contributed by atoms with E-state index in [1.807, 2.05) is 0 Å². The minimum Gasteiger partial charge on any atom is -0.451 e. The number of aryl methyl sites for hydroxylation is 1. The minimum atomic E-state index is -3.88. The van der Waals surface area contributed by atoms with E-state index in [-0.39, 0.29) is 10.8 Å². The van der Waals surface area contributed by atoms with E-state index >= 15 is 0 Å². The molecule has 2 rings (SSSR count). The molecule has 1 aromatic heterocycles. The number of anilines is 1. The number of rotatable bonds is 7. The largest absolute Gasteiger partial charge is 0.451 e. The van der Waals surface area contributed by atoms with Gasteiger partial charge in [0.15, 0.2) is 6.10 Å². The summed E-state index contributed by atoms with van der Waals surface area (Å²) in [7, 11) is -3.88. The molecule has 0 aliphatic rings. The Morgan fingerprint density at radius 2 is 1.85 bits per heavy atom. The lowest BCUT2D eigenvalue weighted by molar-refractivity contribution is -0.154. The lowest BCUT2D eigenvalue weighted by Crippen LogP contribution is -2.42. The van der Waals surface area contributed by atoms with E-state index in [1.54, 1.807) is 25.1 Å². The van der Waals surface area contributed by atoms with Gasteiger partial charge in [-0.15, -0.1) is 0 Å². The Morgan fingerprint density at radius 1 is 1.19 bits per heavy atom. The van der Waals surface area contributed by atoms with Gasteiger partial charge in [-0.1, -0.05) is 23.4 Å². The number of nitrogens with one attached hydrogen (secondary N) is 2. The van der Waals surface area contributed by atoms with Crippen LogP contribution >= 0.6 is 0 Å². The highest BCUT2D eigenvalue weighted by Crippen LogP contribution is 2.11. The molecular weight excluding hydrogens is 362 g/mol. The van der Waals surface area contributed by atoms with Crippen LogP contribution in [-0.2, 0) is 24.3 Å². The Kier molecular flexibility index (Phi) is 6.11. The SMILES string of the molecule is Cc1cc(NC(=O)C(C)OC(=O)[C@H](C)NS(=O)(=O)c2ccccc2)on1. The molecular formula is C16H19N3O6S. The average Bonchev–Trinajstić information content (AvgIpc) is 3.00. The molecule has 0 saturated carbocycles. The van der Waals surface area contributed by atoms with E-state index < -0.39 is 34.0 Å². The molecule has 0 aliphatic carbocycles. The van der Waals surface area contributed by atoms with Gasteiger partial charge in [-0.3, -0.25) is 14.9 Å². The van der Waals surface area contributed by atoms with Crippen LogP contribution in [0.4, 0.5) is 5.88 Å². The number of benzene rings is 1. The first-order chi connectivity index (χ1) is 12.2. The summed E-state index contributed by atoms with van der Waals surface area (Å²) in [5.74, 6) is -1.40. The van der Waals surface area contributed by atoms with Crippen LogP contribution in [0.25, 0.3) is 0 Å². The summed E-state index contributed by atoms with van der Waals surface area (Å²) in [6.07, 6.45) is -1.16. The van der Waals surface area contributed by atoms with Crippen LogP contribution in [0.15, 0.2) is 45.8 Å². The van der Waals surface area contributed by atoms with Crippen molar-refractivity contribution in [2.45, 2.75) is 37.8 Å². The zero-order valence-corrected chi connectivity index (χ0v) is 15.2. The Morgan fingerprint density at radius 3 is 2.42 bits per heavy atom. The maximum Gasteiger partial charge on any atom is 0.324 e. The summed E-state index contributed by atoms with van der Waals surface area (Å²) < 4.78 is 36.4. The molecule has 2 aromatic rings. The van der Waals surface area contributed by atoms with Crippen LogP contribution < -0.4 is 10.0 Å². The summed E-state index contributed by atoms with van der Waals surface area (Å²) in [6, 6.07) is 7.93. The third kappa shape index (κ3) is 5.14. The number of carbonyl (C=O) groups is 2. The molecule has 0 saturated heterocycles. The topological polar surface area (TPSA) is 128 Å². The van der Waals surface area contributed by atoms with Crippen molar-refractivity contribution in [1.82, 2.24) is 9.88 Å². The van der Waals surface area contributed by atoms with Crippen LogP contribution in [0.5, 0.6) is 0 Å². The molecule has 1 heterocycles. The molecule has 0 aliphatic heterocycles. The van der Waals surface area contributed by atoms with Crippen molar-refractivity contribution >= 4 is 27.8 Å². The Hall–Kier alpha value is -2.72. The van der Waals surface area contributed by atoms with Crippen molar-refractivity contribution in [3.05, 3.63) is 42.1 Å². The third-order valence-electron chi connectivity index (χ3n) is 3.28. The van der Waals surface area contributed by atoms with Crippen molar-refractivity contribution in [1.29, 1.82) is 0 Å². The number of hydrogen-bond acceptors (Lipinski definition) is 7. The molecule has 2 N–H and O–H groups in total. The first-order valence-corrected chi connectivity index (χ1v) is 9.19. The van der Waals surface area contributed by atoms with Crippen LogP contribution in [0.3, 0.4) is 0 Å². The summed E-state index contributed by atoms with van der Waals surface area (Å²) >= 11 is 0. The normalized spacial score (nSPS) is 13.7. The number of sulfonamides is 1. The maximum atomic E-state index is 12.2. The number of hydrogen-bond donors (Lipinski definition) is 2. The van der Waals surface area contributed by atoms with E-state index in [0.717, 1.165) is 0 Å². The molecule has 140 valence electrons. The zero-order valence-electron chi connectivity index (χ0n) is 14.4. The Balaban J connectivity index is 1.92. The minimum absolute atomic E-state index is 0.0196. The quantitative estimate of drug-likeness (QED) is 0.690. The van der Waals surface area contributed by atoms with Gasteiger partial charge < -0.3 is 9.26 Å². The number of ether oxygens (including phenoxy) is 1. The van der Waals surface area contributed by atoms with Gasteiger partial charge in [-0.25, -0.2) is 8.42 Å². The smallest absolute Gasteiger partial charge is 0.324 e. The summed E-state index contributed by atoms with van der Waals surface area (Å²) in [4.78, 5) is 24.0. The average molecular weight is 381 g/mol. The number of esters is 1. The van der Waals surface area contributed by atoms with Gasteiger partial charge >= 0.3 is 5.97 Å². The van der Waals surface area contributed by atoms with Crippen molar-refractivity contribution in [3.63, 3.8) is 0 Å². The van der Waals surface area contributed by atoms with Crippen molar-refractivity contribution in [2.75, 3.05) is 5.32 Å². The molecule has 0 bridgehead atoms. The fourth-order valence-corrected chi connectivity index (χ4v) is 3.14. The highest BCUT2D eigenvalue weighted by molar-refractivity contribution is 7.89. The van der Waals surface area contributed by atoms with Crippen LogP contribution in [0, 0.1) is 6.92 Å². The number of aromatic nitrogens is 1. The second-order valence-electron chi connectivity index (χ2n) is 5.56. The molecule has 0 spiro atoms. The van der Waals surface area contributed by atoms with Gasteiger partial charge in [0.2, 0.25) is 15.9 Å². The summed E-state index contributed by atoms with van der Waals surface area (Å²) in [5.41, 5.74) is 0.578. The molecule has 1 aromatic carbocycles. The van der Waals surface area contributed by atoms with E-state index in [1.165, 1.54) is 32.0 Å². The Labute approximate surface area is 150 Å². The zero-order chi connectivity index (χ0) is 19.3. The van der Waals surface area contributed by atoms with Crippen LogP contribution in [0.1, 0.15) is 19.5 Å². The highest BCUT2D eigenvalue weighted by atomic mass is 32.2. The van der Waals surface area contributed by atoms with E-state index in [0.29, 0.717) is 5.69 Å². The van der Waals surface area contributed by atoms with Gasteiger partial charge in [-0.2, -0.15) is 4.72 Å². The number of amides is 1. The molecule has 0 fully saturated rings. The highest BCUT2D eigenvalue weighted by Gasteiger charge is 2.26. The second-order valence-corrected chi connectivity index (χ2v) is 7.27. The van der Waals surface area contributed by atoms with Crippen molar-refractivity contribution in [3.8, 4) is 0 Å². The van der Waals surface area contributed by atoms with Crippen molar-refractivity contribution < 1.29 is 27.3 Å². The first-order valence-electron chi connectivity index (χ1n) is 7.71. The molecule has 9 nitrogen and oxygen atoms in total. The predicted octanol–water partition coefficient (Wildman–Crippen LogP) is 1.22. The molecule has 2 atom stereocenters. The van der Waals surface area contributed by atoms with Gasteiger partial charge in [0.1, 0.15) is 6.04 Å². The maximum absolute atomic E-state index is 12.2. The number of carbonyl (C=O) groups excluding carboxylic acids is 2. The standard InChI is InChI=1S/C16H19N3O6S/c1-10-9-14(25-18-10)17-15(20)12(3)24-16(21)11(2)19-26(22,23)13-7-5-4-6-8-13/h4-9,11-12,19H,1-3H3,(H,17,20)/t11-,12?/m0/s1. The monoisotopic (exact) mass is 381 g/mol.